The molecule has 0 atom stereocenters. The number of aromatic nitrogens is 1. The average molecular weight is 273 g/mol. The third kappa shape index (κ3) is 3.88. The fourth-order valence-electron chi connectivity index (χ4n) is 1.32. The van der Waals surface area contributed by atoms with Crippen molar-refractivity contribution in [2.45, 2.75) is 0 Å². The Labute approximate surface area is 105 Å². The smallest absolute Gasteiger partial charge is 0.337 e. The number of pyridine rings is 1. The summed E-state index contributed by atoms with van der Waals surface area (Å²) < 4.78 is 22.1. The summed E-state index contributed by atoms with van der Waals surface area (Å²) in [5.74, 6) is -0.770. The van der Waals surface area contributed by atoms with E-state index in [4.69, 9.17) is 10.8 Å². The molecule has 0 aliphatic carbocycles. The zero-order valence-corrected chi connectivity index (χ0v) is 10.9. The molecule has 0 fully saturated rings. The number of nitrogens with zero attached hydrogens (tertiary/aromatic N) is 2. The maximum absolute atomic E-state index is 11.0. The maximum atomic E-state index is 11.0. The minimum absolute atomic E-state index is 0.00670. The lowest BCUT2D eigenvalue weighted by molar-refractivity contribution is 0.0696. The average Bonchev–Trinajstić information content (AvgIpc) is 2.24. The normalized spacial score (nSPS) is 11.2. The van der Waals surface area contributed by atoms with Gasteiger partial charge in [-0.2, -0.15) is 0 Å². The van der Waals surface area contributed by atoms with Crippen molar-refractivity contribution in [3.8, 4) is 0 Å². The van der Waals surface area contributed by atoms with E-state index in [1.54, 1.807) is 11.9 Å². The number of nitrogen functional groups attached to an aromatic ring is 1. The largest absolute Gasteiger partial charge is 0.478 e. The lowest BCUT2D eigenvalue weighted by Gasteiger charge is -2.19. The Morgan fingerprint density at radius 3 is 2.61 bits per heavy atom. The molecule has 0 amide bonds. The topological polar surface area (TPSA) is 114 Å². The van der Waals surface area contributed by atoms with Gasteiger partial charge in [0.2, 0.25) is 0 Å². The molecule has 0 aromatic carbocycles. The molecule has 0 radical (unpaired) electrons. The van der Waals surface area contributed by atoms with Gasteiger partial charge in [0.05, 0.1) is 17.0 Å². The summed E-state index contributed by atoms with van der Waals surface area (Å²) in [4.78, 5) is 16.2. The highest BCUT2D eigenvalue weighted by molar-refractivity contribution is 7.90. The summed E-state index contributed by atoms with van der Waals surface area (Å²) in [5.41, 5.74) is 5.88. The number of sulfone groups is 1. The maximum Gasteiger partial charge on any atom is 0.337 e. The Kier molecular flexibility index (Phi) is 4.12. The van der Waals surface area contributed by atoms with Crippen molar-refractivity contribution >= 4 is 27.3 Å². The first-order valence-electron chi connectivity index (χ1n) is 5.08. The van der Waals surface area contributed by atoms with Crippen molar-refractivity contribution < 1.29 is 18.3 Å². The van der Waals surface area contributed by atoms with E-state index < -0.39 is 15.8 Å². The molecule has 3 N–H and O–H groups in total. The highest BCUT2D eigenvalue weighted by Gasteiger charge is 2.12. The third-order valence-corrected chi connectivity index (χ3v) is 3.23. The van der Waals surface area contributed by atoms with Crippen LogP contribution in [0.3, 0.4) is 0 Å². The van der Waals surface area contributed by atoms with Gasteiger partial charge in [0.25, 0.3) is 0 Å². The van der Waals surface area contributed by atoms with Crippen LogP contribution in [0.15, 0.2) is 12.3 Å². The molecule has 7 nitrogen and oxygen atoms in total. The SMILES string of the molecule is CN(CCS(C)(=O)=O)c1ncc(C(=O)O)cc1N. The van der Waals surface area contributed by atoms with Crippen molar-refractivity contribution in [2.75, 3.05) is 36.2 Å². The number of hydrogen-bond acceptors (Lipinski definition) is 6. The standard InChI is InChI=1S/C10H15N3O4S/c1-13(3-4-18(2,16)17)9-8(11)5-7(6-12-9)10(14)15/h5-6H,3-4,11H2,1-2H3,(H,14,15). The number of carboxylic acids is 1. The van der Waals surface area contributed by atoms with E-state index >= 15 is 0 Å². The molecule has 0 aliphatic rings. The highest BCUT2D eigenvalue weighted by Crippen LogP contribution is 2.19. The van der Waals surface area contributed by atoms with Crippen LogP contribution >= 0.6 is 0 Å². The van der Waals surface area contributed by atoms with E-state index in [-0.39, 0.29) is 23.5 Å². The molecule has 0 unspecified atom stereocenters. The highest BCUT2D eigenvalue weighted by atomic mass is 32.2. The van der Waals surface area contributed by atoms with Crippen molar-refractivity contribution in [3.05, 3.63) is 17.8 Å². The predicted molar refractivity (Wildman–Crippen MR) is 68.6 cm³/mol. The fourth-order valence-corrected chi connectivity index (χ4v) is 1.92. The Balaban J connectivity index is 2.87. The second-order valence-corrected chi connectivity index (χ2v) is 6.25. The van der Waals surface area contributed by atoms with Crippen LogP contribution in [0.1, 0.15) is 10.4 Å². The number of nitrogens with two attached hydrogens (primary N) is 1. The lowest BCUT2D eigenvalue weighted by atomic mass is 10.2. The zero-order valence-electron chi connectivity index (χ0n) is 10.1. The predicted octanol–water partition coefficient (Wildman–Crippen LogP) is -0.157. The van der Waals surface area contributed by atoms with Crippen molar-refractivity contribution in [1.29, 1.82) is 0 Å². The molecule has 18 heavy (non-hydrogen) atoms. The minimum atomic E-state index is -3.07. The Hall–Kier alpha value is -1.83. The van der Waals surface area contributed by atoms with Gasteiger partial charge in [0, 0.05) is 26.0 Å². The van der Waals surface area contributed by atoms with E-state index in [9.17, 15) is 13.2 Å². The Bertz CT molecular complexity index is 556. The molecule has 0 bridgehead atoms. The number of carbonyl (C=O) groups is 1. The van der Waals surface area contributed by atoms with Gasteiger partial charge in [0.15, 0.2) is 5.82 Å². The lowest BCUT2D eigenvalue weighted by Crippen LogP contribution is -2.26. The number of anilines is 2. The second kappa shape index (κ2) is 5.21. The summed E-state index contributed by atoms with van der Waals surface area (Å²) in [5, 5.41) is 8.76. The van der Waals surface area contributed by atoms with Gasteiger partial charge in [0.1, 0.15) is 9.84 Å². The van der Waals surface area contributed by atoms with Gasteiger partial charge >= 0.3 is 5.97 Å². The molecule has 0 saturated carbocycles. The molecule has 8 heteroatoms. The summed E-state index contributed by atoms with van der Waals surface area (Å²) in [6.45, 7) is 0.239. The van der Waals surface area contributed by atoms with Gasteiger partial charge < -0.3 is 15.7 Å². The zero-order chi connectivity index (χ0) is 13.9. The van der Waals surface area contributed by atoms with Crippen LogP contribution in [0.25, 0.3) is 0 Å². The summed E-state index contributed by atoms with van der Waals surface area (Å²) >= 11 is 0. The van der Waals surface area contributed by atoms with Crippen LogP contribution < -0.4 is 10.6 Å². The minimum Gasteiger partial charge on any atom is -0.478 e. The molecule has 1 heterocycles. The first kappa shape index (κ1) is 14.2. The van der Waals surface area contributed by atoms with E-state index in [1.807, 2.05) is 0 Å². The van der Waals surface area contributed by atoms with Crippen LogP contribution in [0, 0.1) is 0 Å². The molecule has 1 rings (SSSR count). The Morgan fingerprint density at radius 1 is 1.56 bits per heavy atom. The first-order chi connectivity index (χ1) is 8.20. The molecular formula is C10H15N3O4S. The second-order valence-electron chi connectivity index (χ2n) is 3.99. The number of carboxylic acid groups (broad SMARTS) is 1. The summed E-state index contributed by atoms with van der Waals surface area (Å²) in [7, 11) is -1.42. The van der Waals surface area contributed by atoms with Crippen molar-refractivity contribution in [2.24, 2.45) is 0 Å². The van der Waals surface area contributed by atoms with Gasteiger partial charge in [-0.3, -0.25) is 0 Å². The fraction of sp³-hybridized carbons (Fsp3) is 0.400. The van der Waals surface area contributed by atoms with E-state index in [0.29, 0.717) is 5.82 Å². The monoisotopic (exact) mass is 273 g/mol. The first-order valence-corrected chi connectivity index (χ1v) is 7.14. The van der Waals surface area contributed by atoms with Crippen LogP contribution in [0.4, 0.5) is 11.5 Å². The van der Waals surface area contributed by atoms with Gasteiger partial charge in [-0.05, 0) is 6.07 Å². The number of rotatable bonds is 5. The van der Waals surface area contributed by atoms with Crippen LogP contribution in [0.5, 0.6) is 0 Å². The molecular weight excluding hydrogens is 258 g/mol. The number of aromatic carboxylic acids is 1. The van der Waals surface area contributed by atoms with Crippen molar-refractivity contribution in [1.82, 2.24) is 4.98 Å². The molecule has 0 spiro atoms. The van der Waals surface area contributed by atoms with Crippen LogP contribution in [-0.2, 0) is 9.84 Å². The van der Waals surface area contributed by atoms with Crippen molar-refractivity contribution in [3.63, 3.8) is 0 Å². The van der Waals surface area contributed by atoms with Gasteiger partial charge in [-0.15, -0.1) is 0 Å². The molecule has 1 aromatic rings. The molecule has 0 aliphatic heterocycles. The van der Waals surface area contributed by atoms with E-state index in [1.165, 1.54) is 12.3 Å². The molecule has 0 saturated heterocycles. The van der Waals surface area contributed by atoms with E-state index in [0.717, 1.165) is 6.26 Å². The summed E-state index contributed by atoms with van der Waals surface area (Å²) in [6.07, 6.45) is 2.33. The number of hydrogen-bond donors (Lipinski definition) is 2. The van der Waals surface area contributed by atoms with Crippen LogP contribution in [-0.4, -0.2) is 50.1 Å². The molecule has 1 aromatic heterocycles. The molecule has 100 valence electrons. The quantitative estimate of drug-likeness (QED) is 0.766. The van der Waals surface area contributed by atoms with Crippen LogP contribution in [0.2, 0.25) is 0 Å². The van der Waals surface area contributed by atoms with Gasteiger partial charge in [-0.1, -0.05) is 0 Å². The van der Waals surface area contributed by atoms with E-state index in [2.05, 4.69) is 4.98 Å². The summed E-state index contributed by atoms with van der Waals surface area (Å²) in [6, 6.07) is 1.29. The Morgan fingerprint density at radius 2 is 2.17 bits per heavy atom. The third-order valence-electron chi connectivity index (χ3n) is 2.30. The van der Waals surface area contributed by atoms with Gasteiger partial charge in [-0.25, -0.2) is 18.2 Å².